The molecule has 172 valence electrons. The van der Waals surface area contributed by atoms with Gasteiger partial charge in [0, 0.05) is 5.02 Å². The summed E-state index contributed by atoms with van der Waals surface area (Å²) >= 11 is 6.02. The number of ether oxygens (including phenoxy) is 1. The van der Waals surface area contributed by atoms with Gasteiger partial charge in [0.25, 0.3) is 5.56 Å². The average Bonchev–Trinajstić information content (AvgIpc) is 3.19. The van der Waals surface area contributed by atoms with E-state index >= 15 is 0 Å². The molecule has 35 heavy (non-hydrogen) atoms. The number of rotatable bonds is 5. The van der Waals surface area contributed by atoms with Crippen molar-refractivity contribution in [2.75, 3.05) is 7.11 Å². The molecule has 3 heterocycles. The zero-order valence-electron chi connectivity index (χ0n) is 18.9. The van der Waals surface area contributed by atoms with Gasteiger partial charge in [-0.05, 0) is 47.5 Å². The zero-order chi connectivity index (χ0) is 23.9. The van der Waals surface area contributed by atoms with Crippen LogP contribution in [0, 0.1) is 0 Å². The third kappa shape index (κ3) is 3.80. The molecular formula is C27H20ClN5O2. The fourth-order valence-electron chi connectivity index (χ4n) is 4.30. The first-order valence-corrected chi connectivity index (χ1v) is 11.5. The lowest BCUT2D eigenvalue weighted by atomic mass is 10.2. The third-order valence-electron chi connectivity index (χ3n) is 6.08. The minimum Gasteiger partial charge on any atom is -0.497 e. The van der Waals surface area contributed by atoms with Gasteiger partial charge in [0.05, 0.1) is 31.2 Å². The van der Waals surface area contributed by atoms with Crippen LogP contribution in [0.4, 0.5) is 0 Å². The molecule has 0 aliphatic carbocycles. The van der Waals surface area contributed by atoms with E-state index in [1.54, 1.807) is 18.0 Å². The van der Waals surface area contributed by atoms with Crippen molar-refractivity contribution in [1.82, 2.24) is 24.1 Å². The van der Waals surface area contributed by atoms with Crippen molar-refractivity contribution in [1.29, 1.82) is 0 Å². The van der Waals surface area contributed by atoms with Gasteiger partial charge in [-0.2, -0.15) is 0 Å². The second kappa shape index (κ2) is 8.52. The van der Waals surface area contributed by atoms with Crippen LogP contribution < -0.4 is 10.3 Å². The van der Waals surface area contributed by atoms with E-state index in [2.05, 4.69) is 0 Å². The fourth-order valence-corrected chi connectivity index (χ4v) is 4.43. The predicted octanol–water partition coefficient (Wildman–Crippen LogP) is 5.05. The Morgan fingerprint density at radius 1 is 0.829 bits per heavy atom. The van der Waals surface area contributed by atoms with Crippen LogP contribution in [0.15, 0.2) is 83.9 Å². The highest BCUT2D eigenvalue weighted by atomic mass is 35.5. The summed E-state index contributed by atoms with van der Waals surface area (Å²) < 4.78 is 8.84. The summed E-state index contributed by atoms with van der Waals surface area (Å²) in [5, 5.41) is 1.11. The van der Waals surface area contributed by atoms with Gasteiger partial charge in [-0.3, -0.25) is 9.36 Å². The molecule has 0 radical (unpaired) electrons. The van der Waals surface area contributed by atoms with Crippen LogP contribution in [-0.4, -0.2) is 31.2 Å². The summed E-state index contributed by atoms with van der Waals surface area (Å²) in [5.41, 5.74) is 5.06. The van der Waals surface area contributed by atoms with Crippen molar-refractivity contribution in [3.8, 4) is 5.75 Å². The molecule has 0 fully saturated rings. The topological polar surface area (TPSA) is 74.8 Å². The van der Waals surface area contributed by atoms with Crippen molar-refractivity contribution < 1.29 is 4.74 Å². The van der Waals surface area contributed by atoms with Gasteiger partial charge >= 0.3 is 0 Å². The molecule has 0 aliphatic heterocycles. The zero-order valence-corrected chi connectivity index (χ0v) is 19.6. The van der Waals surface area contributed by atoms with Crippen LogP contribution in [0.1, 0.15) is 11.1 Å². The number of para-hydroxylation sites is 2. The monoisotopic (exact) mass is 481 g/mol. The smallest absolute Gasteiger partial charge is 0.265 e. The summed E-state index contributed by atoms with van der Waals surface area (Å²) in [6.45, 7) is 0.871. The maximum absolute atomic E-state index is 13.7. The van der Waals surface area contributed by atoms with E-state index in [4.69, 9.17) is 31.3 Å². The van der Waals surface area contributed by atoms with Gasteiger partial charge in [0.15, 0.2) is 11.3 Å². The third-order valence-corrected chi connectivity index (χ3v) is 6.34. The second-order valence-electron chi connectivity index (χ2n) is 8.32. The minimum absolute atomic E-state index is 0.159. The minimum atomic E-state index is -0.159. The molecular weight excluding hydrogens is 462 g/mol. The van der Waals surface area contributed by atoms with Gasteiger partial charge < -0.3 is 9.30 Å². The Hall–Kier alpha value is -4.23. The highest BCUT2D eigenvalue weighted by molar-refractivity contribution is 6.30. The van der Waals surface area contributed by atoms with E-state index in [1.807, 2.05) is 77.4 Å². The molecule has 6 rings (SSSR count). The Balaban J connectivity index is 1.57. The molecule has 0 spiro atoms. The number of aromatic nitrogens is 5. The van der Waals surface area contributed by atoms with Crippen molar-refractivity contribution in [3.63, 3.8) is 0 Å². The maximum atomic E-state index is 13.7. The van der Waals surface area contributed by atoms with Gasteiger partial charge in [-0.1, -0.05) is 48.0 Å². The number of hydrogen-bond acceptors (Lipinski definition) is 5. The van der Waals surface area contributed by atoms with Crippen LogP contribution in [-0.2, 0) is 13.1 Å². The number of benzene rings is 3. The largest absolute Gasteiger partial charge is 0.497 e. The van der Waals surface area contributed by atoms with E-state index < -0.39 is 0 Å². The van der Waals surface area contributed by atoms with Crippen LogP contribution in [0.2, 0.25) is 5.02 Å². The second-order valence-corrected chi connectivity index (χ2v) is 8.76. The van der Waals surface area contributed by atoms with Crippen LogP contribution in [0.3, 0.4) is 0 Å². The van der Waals surface area contributed by atoms with Crippen molar-refractivity contribution >= 4 is 44.8 Å². The van der Waals surface area contributed by atoms with Crippen molar-refractivity contribution in [2.45, 2.75) is 13.1 Å². The summed E-state index contributed by atoms with van der Waals surface area (Å²) in [7, 11) is 1.64. The SMILES string of the molecule is COc1ccc(Cn2c3nc4ccccc4nc3c3c(=O)n(Cc4ccc(Cl)cc4)cnc32)cc1. The lowest BCUT2D eigenvalue weighted by Crippen LogP contribution is -2.21. The van der Waals surface area contributed by atoms with E-state index in [0.717, 1.165) is 27.9 Å². The Labute approximate surface area is 205 Å². The summed E-state index contributed by atoms with van der Waals surface area (Å²) in [6, 6.07) is 22.9. The average molecular weight is 482 g/mol. The lowest BCUT2D eigenvalue weighted by Gasteiger charge is -2.09. The quantitative estimate of drug-likeness (QED) is 0.344. The van der Waals surface area contributed by atoms with Crippen LogP contribution >= 0.6 is 11.6 Å². The normalized spacial score (nSPS) is 11.5. The molecule has 0 aliphatic rings. The first-order chi connectivity index (χ1) is 17.1. The number of fused-ring (bicyclic) bond motifs is 4. The molecule has 0 saturated carbocycles. The molecule has 7 nitrogen and oxygen atoms in total. The number of halogens is 1. The Bertz CT molecular complexity index is 1760. The maximum Gasteiger partial charge on any atom is 0.265 e. The first-order valence-electron chi connectivity index (χ1n) is 11.1. The van der Waals surface area contributed by atoms with Crippen LogP contribution in [0.25, 0.3) is 33.2 Å². The predicted molar refractivity (Wildman–Crippen MR) is 137 cm³/mol. The number of nitrogens with zero attached hydrogens (tertiary/aromatic N) is 5. The fraction of sp³-hybridized carbons (Fsp3) is 0.111. The molecule has 3 aromatic heterocycles. The lowest BCUT2D eigenvalue weighted by molar-refractivity contribution is 0.414. The molecule has 6 aromatic rings. The van der Waals surface area contributed by atoms with Gasteiger partial charge in [-0.25, -0.2) is 15.0 Å². The van der Waals surface area contributed by atoms with Gasteiger partial charge in [-0.15, -0.1) is 0 Å². The van der Waals surface area contributed by atoms with Crippen molar-refractivity contribution in [2.24, 2.45) is 0 Å². The molecule has 8 heteroatoms. The Kier molecular flexibility index (Phi) is 5.19. The highest BCUT2D eigenvalue weighted by Crippen LogP contribution is 2.26. The standard InChI is InChI=1S/C27H20ClN5O2/c1-35-20-12-8-18(9-13-20)15-33-25-23(24-26(33)31-22-5-3-2-4-21(22)30-24)27(34)32(16-29-25)14-17-6-10-19(28)11-7-17/h2-13,16H,14-15H2,1H3. The van der Waals surface area contributed by atoms with E-state index in [0.29, 0.717) is 40.3 Å². The molecule has 0 atom stereocenters. The number of methoxy groups -OCH3 is 1. The Morgan fingerprint density at radius 3 is 2.20 bits per heavy atom. The van der Waals surface area contributed by atoms with E-state index in [9.17, 15) is 4.79 Å². The van der Waals surface area contributed by atoms with E-state index in [1.165, 1.54) is 0 Å². The summed E-state index contributed by atoms with van der Waals surface area (Å²) in [4.78, 5) is 28.1. The molecule has 0 saturated heterocycles. The molecule has 0 unspecified atom stereocenters. The van der Waals surface area contributed by atoms with Crippen molar-refractivity contribution in [3.05, 3.63) is 106 Å². The molecule has 0 N–H and O–H groups in total. The molecule has 0 amide bonds. The van der Waals surface area contributed by atoms with Gasteiger partial charge in [0.2, 0.25) is 0 Å². The van der Waals surface area contributed by atoms with Crippen LogP contribution in [0.5, 0.6) is 5.75 Å². The first kappa shape index (κ1) is 21.3. The van der Waals surface area contributed by atoms with E-state index in [-0.39, 0.29) is 5.56 Å². The Morgan fingerprint density at radius 2 is 1.49 bits per heavy atom. The molecule has 0 bridgehead atoms. The summed E-state index contributed by atoms with van der Waals surface area (Å²) in [5.74, 6) is 0.782. The summed E-state index contributed by atoms with van der Waals surface area (Å²) in [6.07, 6.45) is 1.59. The van der Waals surface area contributed by atoms with Gasteiger partial charge in [0.1, 0.15) is 23.0 Å². The molecule has 3 aromatic carbocycles. The number of hydrogen-bond donors (Lipinski definition) is 0. The highest BCUT2D eigenvalue weighted by Gasteiger charge is 2.20.